The van der Waals surface area contributed by atoms with Crippen LogP contribution in [0.3, 0.4) is 0 Å². The number of esters is 1. The van der Waals surface area contributed by atoms with E-state index in [2.05, 4.69) is 0 Å². The maximum absolute atomic E-state index is 12.4. The molecule has 22 heavy (non-hydrogen) atoms. The predicted octanol–water partition coefficient (Wildman–Crippen LogP) is 3.01. The fourth-order valence-corrected chi connectivity index (χ4v) is 2.62. The van der Waals surface area contributed by atoms with Crippen LogP contribution in [0.2, 0.25) is 0 Å². The van der Waals surface area contributed by atoms with Gasteiger partial charge in [0.05, 0.1) is 12.5 Å². The Morgan fingerprint density at radius 3 is 1.68 bits per heavy atom. The lowest BCUT2D eigenvalue weighted by Gasteiger charge is -2.30. The summed E-state index contributed by atoms with van der Waals surface area (Å²) in [4.78, 5) is 12.4. The van der Waals surface area contributed by atoms with Gasteiger partial charge in [-0.2, -0.15) is 0 Å². The summed E-state index contributed by atoms with van der Waals surface area (Å²) in [6.07, 6.45) is 1.15. The molecule has 0 aliphatic heterocycles. The SMILES string of the molecule is COC(=O)C(CN)(Cc1ccccc1)Cc1ccccc1.Cl. The second-order valence-corrected chi connectivity index (χ2v) is 5.30. The van der Waals surface area contributed by atoms with Crippen LogP contribution in [0.15, 0.2) is 60.7 Å². The molecule has 2 rings (SSSR count). The molecule has 2 N–H and O–H groups in total. The molecule has 2 aromatic carbocycles. The van der Waals surface area contributed by atoms with E-state index in [0.29, 0.717) is 12.8 Å². The van der Waals surface area contributed by atoms with Crippen LogP contribution < -0.4 is 5.73 Å². The van der Waals surface area contributed by atoms with E-state index in [0.717, 1.165) is 11.1 Å². The van der Waals surface area contributed by atoms with Crippen molar-refractivity contribution < 1.29 is 9.53 Å². The Morgan fingerprint density at radius 2 is 1.36 bits per heavy atom. The first-order valence-corrected chi connectivity index (χ1v) is 7.06. The molecule has 0 amide bonds. The minimum absolute atomic E-state index is 0. The van der Waals surface area contributed by atoms with Crippen LogP contribution in [0, 0.1) is 5.41 Å². The largest absolute Gasteiger partial charge is 0.469 e. The van der Waals surface area contributed by atoms with E-state index in [-0.39, 0.29) is 24.9 Å². The smallest absolute Gasteiger partial charge is 0.313 e. The maximum Gasteiger partial charge on any atom is 0.313 e. The minimum Gasteiger partial charge on any atom is -0.469 e. The first kappa shape index (κ1) is 18.2. The third-order valence-electron chi connectivity index (χ3n) is 3.78. The van der Waals surface area contributed by atoms with Crippen molar-refractivity contribution in [2.24, 2.45) is 11.1 Å². The Morgan fingerprint density at radius 1 is 0.955 bits per heavy atom. The monoisotopic (exact) mass is 319 g/mol. The van der Waals surface area contributed by atoms with Crippen LogP contribution in [-0.4, -0.2) is 19.6 Å². The lowest BCUT2D eigenvalue weighted by molar-refractivity contribution is -0.152. The van der Waals surface area contributed by atoms with Gasteiger partial charge < -0.3 is 10.5 Å². The van der Waals surface area contributed by atoms with Crippen LogP contribution in [0.5, 0.6) is 0 Å². The van der Waals surface area contributed by atoms with Crippen LogP contribution in [0.25, 0.3) is 0 Å². The van der Waals surface area contributed by atoms with Crippen molar-refractivity contribution in [3.8, 4) is 0 Å². The van der Waals surface area contributed by atoms with Crippen molar-refractivity contribution in [3.63, 3.8) is 0 Å². The highest BCUT2D eigenvalue weighted by molar-refractivity contribution is 5.85. The first-order chi connectivity index (χ1) is 10.2. The highest BCUT2D eigenvalue weighted by atomic mass is 35.5. The molecule has 0 aliphatic carbocycles. The molecule has 0 aliphatic rings. The number of halogens is 1. The van der Waals surface area contributed by atoms with Gasteiger partial charge in [0.2, 0.25) is 0 Å². The topological polar surface area (TPSA) is 52.3 Å². The molecule has 0 heterocycles. The number of methoxy groups -OCH3 is 1. The average molecular weight is 320 g/mol. The summed E-state index contributed by atoms with van der Waals surface area (Å²) in [5, 5.41) is 0. The van der Waals surface area contributed by atoms with Crippen molar-refractivity contribution in [2.45, 2.75) is 12.8 Å². The Balaban J connectivity index is 0.00000242. The third kappa shape index (κ3) is 4.33. The molecule has 118 valence electrons. The van der Waals surface area contributed by atoms with E-state index < -0.39 is 5.41 Å². The lowest BCUT2D eigenvalue weighted by Crippen LogP contribution is -2.43. The van der Waals surface area contributed by atoms with E-state index in [1.165, 1.54) is 7.11 Å². The number of nitrogens with two attached hydrogens (primary N) is 1. The van der Waals surface area contributed by atoms with Gasteiger partial charge in [-0.25, -0.2) is 0 Å². The Hall–Kier alpha value is -1.84. The van der Waals surface area contributed by atoms with Crippen LogP contribution >= 0.6 is 12.4 Å². The highest BCUT2D eigenvalue weighted by Gasteiger charge is 2.38. The molecule has 0 bridgehead atoms. The maximum atomic E-state index is 12.4. The van der Waals surface area contributed by atoms with Gasteiger partial charge in [-0.05, 0) is 24.0 Å². The number of carbonyl (C=O) groups excluding carboxylic acids is 1. The average Bonchev–Trinajstić information content (AvgIpc) is 2.55. The summed E-state index contributed by atoms with van der Waals surface area (Å²) in [6.45, 7) is 0.253. The number of hydrogen-bond acceptors (Lipinski definition) is 3. The van der Waals surface area contributed by atoms with Crippen molar-refractivity contribution in [2.75, 3.05) is 13.7 Å². The third-order valence-corrected chi connectivity index (χ3v) is 3.78. The molecule has 0 saturated carbocycles. The molecule has 2 aromatic rings. The zero-order valence-electron chi connectivity index (χ0n) is 12.7. The molecule has 0 unspecified atom stereocenters. The van der Waals surface area contributed by atoms with Gasteiger partial charge in [-0.1, -0.05) is 60.7 Å². The van der Waals surface area contributed by atoms with Gasteiger partial charge in [0.1, 0.15) is 0 Å². The van der Waals surface area contributed by atoms with E-state index in [9.17, 15) is 4.79 Å². The summed E-state index contributed by atoms with van der Waals surface area (Å²) in [5.41, 5.74) is 7.43. The molecular formula is C18H22ClNO2. The molecule has 0 radical (unpaired) electrons. The fraction of sp³-hybridized carbons (Fsp3) is 0.278. The van der Waals surface area contributed by atoms with Gasteiger partial charge in [0.25, 0.3) is 0 Å². The second-order valence-electron chi connectivity index (χ2n) is 5.30. The molecule has 0 saturated heterocycles. The zero-order valence-corrected chi connectivity index (χ0v) is 13.5. The zero-order chi connectivity index (χ0) is 15.1. The Labute approximate surface area is 137 Å². The van der Waals surface area contributed by atoms with E-state index in [1.807, 2.05) is 60.7 Å². The predicted molar refractivity (Wildman–Crippen MR) is 91.0 cm³/mol. The van der Waals surface area contributed by atoms with E-state index in [1.54, 1.807) is 0 Å². The molecule has 0 atom stereocenters. The normalized spacial score (nSPS) is 10.6. The lowest BCUT2D eigenvalue weighted by atomic mass is 9.76. The fourth-order valence-electron chi connectivity index (χ4n) is 2.62. The summed E-state index contributed by atoms with van der Waals surface area (Å²) >= 11 is 0. The van der Waals surface area contributed by atoms with Crippen molar-refractivity contribution in [1.82, 2.24) is 0 Å². The standard InChI is InChI=1S/C18H21NO2.ClH/c1-21-17(20)18(14-19,12-15-8-4-2-5-9-15)13-16-10-6-3-7-11-16;/h2-11H,12-14,19H2,1H3;1H. The Bertz CT molecular complexity index is 531. The van der Waals surface area contributed by atoms with Crippen LogP contribution in [-0.2, 0) is 22.4 Å². The number of hydrogen-bond donors (Lipinski definition) is 1. The van der Waals surface area contributed by atoms with Gasteiger partial charge in [-0.15, -0.1) is 12.4 Å². The number of ether oxygens (including phenoxy) is 1. The molecule has 0 fully saturated rings. The summed E-state index contributed by atoms with van der Waals surface area (Å²) in [7, 11) is 1.42. The molecule has 3 nitrogen and oxygen atoms in total. The summed E-state index contributed by atoms with van der Waals surface area (Å²) < 4.78 is 5.03. The second kappa shape index (κ2) is 8.57. The van der Waals surface area contributed by atoms with Gasteiger partial charge >= 0.3 is 5.97 Å². The number of rotatable bonds is 6. The molecule has 0 aromatic heterocycles. The molecule has 0 spiro atoms. The summed E-state index contributed by atoms with van der Waals surface area (Å²) in [5.74, 6) is -0.252. The van der Waals surface area contributed by atoms with Crippen LogP contribution in [0.4, 0.5) is 0 Å². The first-order valence-electron chi connectivity index (χ1n) is 7.06. The number of benzene rings is 2. The minimum atomic E-state index is -0.725. The van der Waals surface area contributed by atoms with Gasteiger partial charge in [0.15, 0.2) is 0 Å². The highest BCUT2D eigenvalue weighted by Crippen LogP contribution is 2.28. The number of carbonyl (C=O) groups is 1. The van der Waals surface area contributed by atoms with Crippen molar-refractivity contribution in [3.05, 3.63) is 71.8 Å². The summed E-state index contributed by atoms with van der Waals surface area (Å²) in [6, 6.07) is 19.8. The van der Waals surface area contributed by atoms with Gasteiger partial charge in [0, 0.05) is 6.54 Å². The van der Waals surface area contributed by atoms with E-state index in [4.69, 9.17) is 10.5 Å². The quantitative estimate of drug-likeness (QED) is 0.833. The molecule has 4 heteroatoms. The Kier molecular flexibility index (Phi) is 7.09. The van der Waals surface area contributed by atoms with E-state index >= 15 is 0 Å². The van der Waals surface area contributed by atoms with Crippen molar-refractivity contribution in [1.29, 1.82) is 0 Å². The van der Waals surface area contributed by atoms with Crippen molar-refractivity contribution >= 4 is 18.4 Å². The molecular weight excluding hydrogens is 298 g/mol. The van der Waals surface area contributed by atoms with Crippen LogP contribution in [0.1, 0.15) is 11.1 Å². The van der Waals surface area contributed by atoms with Gasteiger partial charge in [-0.3, -0.25) is 4.79 Å².